The molecule has 0 aliphatic rings. The number of rotatable bonds is 10. The van der Waals surface area contributed by atoms with E-state index < -0.39 is 0 Å². The fourth-order valence-electron chi connectivity index (χ4n) is 1.42. The van der Waals surface area contributed by atoms with Gasteiger partial charge in [-0.15, -0.1) is 11.8 Å². The molecule has 0 aromatic heterocycles. The third-order valence-corrected chi connectivity index (χ3v) is 3.05. The van der Waals surface area contributed by atoms with Gasteiger partial charge >= 0.3 is 5.97 Å². The summed E-state index contributed by atoms with van der Waals surface area (Å²) in [5, 5.41) is 0.528. The van der Waals surface area contributed by atoms with Crippen LogP contribution in [0.5, 0.6) is 0 Å². The lowest BCUT2D eigenvalue weighted by atomic mass is 10.1. The summed E-state index contributed by atoms with van der Waals surface area (Å²) in [4.78, 5) is 11.3. The van der Waals surface area contributed by atoms with Crippen LogP contribution in [-0.2, 0) is 9.53 Å². The van der Waals surface area contributed by atoms with Crippen LogP contribution in [0, 0.1) is 0 Å². The highest BCUT2D eigenvalue weighted by molar-refractivity contribution is 8.02. The van der Waals surface area contributed by atoms with Crippen LogP contribution in [0.15, 0.2) is 11.1 Å². The van der Waals surface area contributed by atoms with Crippen molar-refractivity contribution in [3.05, 3.63) is 11.1 Å². The second-order valence-corrected chi connectivity index (χ2v) is 5.25. The Morgan fingerprint density at radius 3 is 2.47 bits per heavy atom. The van der Waals surface area contributed by atoms with Crippen LogP contribution in [0.1, 0.15) is 52.4 Å². The van der Waals surface area contributed by atoms with Crippen molar-refractivity contribution < 1.29 is 9.53 Å². The van der Waals surface area contributed by atoms with Gasteiger partial charge in [0.15, 0.2) is 0 Å². The summed E-state index contributed by atoms with van der Waals surface area (Å²) in [6, 6.07) is 0. The molecule has 0 aliphatic carbocycles. The molecule has 0 rings (SSSR count). The zero-order valence-electron chi connectivity index (χ0n) is 11.0. The minimum atomic E-state index is -0.322. The molecule has 0 aromatic rings. The Hall–Kier alpha value is -0.640. The lowest BCUT2D eigenvalue weighted by Crippen LogP contribution is -2.05. The molecular weight excluding hydrogens is 234 g/mol. The summed E-state index contributed by atoms with van der Waals surface area (Å²) in [6.45, 7) is 4.70. The summed E-state index contributed by atoms with van der Waals surface area (Å²) in [5.74, 6) is 0.546. The number of esters is 1. The molecule has 0 bridgehead atoms. The molecule has 0 spiro atoms. The molecule has 2 N–H and O–H groups in total. The van der Waals surface area contributed by atoms with Gasteiger partial charge in [-0.3, -0.25) is 0 Å². The predicted octanol–water partition coefficient (Wildman–Crippen LogP) is 3.44. The molecule has 0 fully saturated rings. The fourth-order valence-corrected chi connectivity index (χ4v) is 1.93. The van der Waals surface area contributed by atoms with E-state index in [1.54, 1.807) is 0 Å². The van der Waals surface area contributed by atoms with Gasteiger partial charge in [-0.05, 0) is 12.2 Å². The minimum Gasteiger partial charge on any atom is -0.462 e. The van der Waals surface area contributed by atoms with Crippen molar-refractivity contribution in [1.82, 2.24) is 0 Å². The molecule has 17 heavy (non-hydrogen) atoms. The third-order valence-electron chi connectivity index (χ3n) is 2.31. The molecule has 3 nitrogen and oxygen atoms in total. The zero-order chi connectivity index (χ0) is 12.9. The van der Waals surface area contributed by atoms with Crippen LogP contribution in [0.4, 0.5) is 0 Å². The van der Waals surface area contributed by atoms with Gasteiger partial charge in [0, 0.05) is 0 Å². The van der Waals surface area contributed by atoms with Crippen molar-refractivity contribution in [1.29, 1.82) is 0 Å². The second kappa shape index (κ2) is 11.8. The summed E-state index contributed by atoms with van der Waals surface area (Å²) < 4.78 is 5.06. The van der Waals surface area contributed by atoms with Crippen molar-refractivity contribution in [2.24, 2.45) is 5.73 Å². The van der Waals surface area contributed by atoms with E-state index in [9.17, 15) is 4.79 Å². The van der Waals surface area contributed by atoms with Crippen molar-refractivity contribution >= 4 is 17.7 Å². The van der Waals surface area contributed by atoms with E-state index in [0.717, 1.165) is 18.6 Å². The Kier molecular flexibility index (Phi) is 11.4. The second-order valence-electron chi connectivity index (χ2n) is 3.91. The van der Waals surface area contributed by atoms with Crippen LogP contribution in [0.2, 0.25) is 0 Å². The van der Waals surface area contributed by atoms with E-state index in [4.69, 9.17) is 10.5 Å². The summed E-state index contributed by atoms with van der Waals surface area (Å²) in [5.41, 5.74) is 5.59. The van der Waals surface area contributed by atoms with Crippen molar-refractivity contribution in [2.45, 2.75) is 52.4 Å². The topological polar surface area (TPSA) is 52.3 Å². The normalized spacial score (nSPS) is 11.5. The number of carbonyl (C=O) groups excluding carboxylic acids is 1. The first-order valence-corrected chi connectivity index (χ1v) is 7.46. The Morgan fingerprint density at radius 1 is 1.18 bits per heavy atom. The molecule has 100 valence electrons. The van der Waals surface area contributed by atoms with E-state index in [0.29, 0.717) is 11.6 Å². The zero-order valence-corrected chi connectivity index (χ0v) is 11.9. The van der Waals surface area contributed by atoms with Crippen LogP contribution in [0.25, 0.3) is 0 Å². The lowest BCUT2D eigenvalue weighted by Gasteiger charge is -2.03. The standard InChI is InChI=1S/C13H25NO2S/c1-3-5-6-7-8-9-10-16-13(15)11-12(14)17-4-2/h11H,3-10,14H2,1-2H3. The Bertz CT molecular complexity index is 229. The number of ether oxygens (including phenoxy) is 1. The number of hydrogen-bond donors (Lipinski definition) is 1. The largest absolute Gasteiger partial charge is 0.462 e. The van der Waals surface area contributed by atoms with Crippen molar-refractivity contribution in [2.75, 3.05) is 12.4 Å². The molecule has 0 amide bonds. The van der Waals surface area contributed by atoms with E-state index in [-0.39, 0.29) is 5.97 Å². The molecule has 0 atom stereocenters. The lowest BCUT2D eigenvalue weighted by molar-refractivity contribution is -0.137. The van der Waals surface area contributed by atoms with Gasteiger partial charge in [0.25, 0.3) is 0 Å². The molecule has 4 heteroatoms. The molecule has 0 radical (unpaired) electrons. The first kappa shape index (κ1) is 16.4. The molecule has 0 heterocycles. The van der Waals surface area contributed by atoms with E-state index >= 15 is 0 Å². The fraction of sp³-hybridized carbons (Fsp3) is 0.769. The molecular formula is C13H25NO2S. The molecule has 0 aliphatic heterocycles. The SMILES string of the molecule is CCCCCCCCOC(=O)C=C(N)SCC. The quantitative estimate of drug-likeness (QED) is 0.371. The van der Waals surface area contributed by atoms with E-state index in [2.05, 4.69) is 6.92 Å². The number of hydrogen-bond acceptors (Lipinski definition) is 4. The highest BCUT2D eigenvalue weighted by Crippen LogP contribution is 2.08. The van der Waals surface area contributed by atoms with Crippen LogP contribution >= 0.6 is 11.8 Å². The summed E-state index contributed by atoms with van der Waals surface area (Å²) >= 11 is 1.45. The maximum atomic E-state index is 11.3. The van der Waals surface area contributed by atoms with Gasteiger partial charge in [-0.25, -0.2) is 4.79 Å². The first-order chi connectivity index (χ1) is 8.20. The number of thioether (sulfide) groups is 1. The van der Waals surface area contributed by atoms with Gasteiger partial charge in [0.05, 0.1) is 17.7 Å². The third kappa shape index (κ3) is 11.6. The highest BCUT2D eigenvalue weighted by atomic mass is 32.2. The molecule has 0 saturated carbocycles. The maximum absolute atomic E-state index is 11.3. The Labute approximate surface area is 109 Å². The van der Waals surface area contributed by atoms with Gasteiger partial charge in [0.1, 0.15) is 0 Å². The highest BCUT2D eigenvalue weighted by Gasteiger charge is 2.00. The average molecular weight is 259 g/mol. The van der Waals surface area contributed by atoms with Crippen molar-refractivity contribution in [3.63, 3.8) is 0 Å². The van der Waals surface area contributed by atoms with Crippen LogP contribution in [-0.4, -0.2) is 18.3 Å². The number of nitrogens with two attached hydrogens (primary N) is 1. The smallest absolute Gasteiger partial charge is 0.333 e. The Morgan fingerprint density at radius 2 is 1.82 bits per heavy atom. The number of unbranched alkanes of at least 4 members (excludes halogenated alkanes) is 5. The van der Waals surface area contributed by atoms with Gasteiger partial charge < -0.3 is 10.5 Å². The van der Waals surface area contributed by atoms with Crippen LogP contribution < -0.4 is 5.73 Å². The van der Waals surface area contributed by atoms with E-state index in [1.165, 1.54) is 43.5 Å². The van der Waals surface area contributed by atoms with Gasteiger partial charge in [-0.2, -0.15) is 0 Å². The van der Waals surface area contributed by atoms with Gasteiger partial charge in [-0.1, -0.05) is 46.0 Å². The van der Waals surface area contributed by atoms with Crippen LogP contribution in [0.3, 0.4) is 0 Å². The van der Waals surface area contributed by atoms with Crippen molar-refractivity contribution in [3.8, 4) is 0 Å². The van der Waals surface area contributed by atoms with E-state index in [1.807, 2.05) is 6.92 Å². The molecule has 0 saturated heterocycles. The summed E-state index contributed by atoms with van der Waals surface area (Å²) in [6.07, 6.45) is 8.52. The average Bonchev–Trinajstić information content (AvgIpc) is 2.28. The minimum absolute atomic E-state index is 0.322. The monoisotopic (exact) mass is 259 g/mol. The van der Waals surface area contributed by atoms with Gasteiger partial charge in [0.2, 0.25) is 0 Å². The Balaban J connectivity index is 3.42. The molecule has 0 aromatic carbocycles. The predicted molar refractivity (Wildman–Crippen MR) is 74.7 cm³/mol. The number of carbonyl (C=O) groups is 1. The summed E-state index contributed by atoms with van der Waals surface area (Å²) in [7, 11) is 0. The maximum Gasteiger partial charge on any atom is 0.333 e. The molecule has 0 unspecified atom stereocenters. The first-order valence-electron chi connectivity index (χ1n) is 6.47.